The van der Waals surface area contributed by atoms with Crippen molar-refractivity contribution in [2.45, 2.75) is 12.8 Å². The van der Waals surface area contributed by atoms with Crippen molar-refractivity contribution in [3.8, 4) is 0 Å². The summed E-state index contributed by atoms with van der Waals surface area (Å²) < 4.78 is 27.3. The number of carbonyl (C=O) groups excluding carboxylic acids is 3. The van der Waals surface area contributed by atoms with Crippen molar-refractivity contribution >= 4 is 23.4 Å². The highest BCUT2D eigenvalue weighted by molar-refractivity contribution is 6.39. The number of nitrogens with one attached hydrogen (secondary N) is 2. The van der Waals surface area contributed by atoms with Crippen molar-refractivity contribution in [2.24, 2.45) is 5.92 Å². The molecule has 1 fully saturated rings. The zero-order chi connectivity index (χ0) is 20.8. The van der Waals surface area contributed by atoms with Gasteiger partial charge in [-0.3, -0.25) is 14.4 Å². The highest BCUT2D eigenvalue weighted by Crippen LogP contribution is 2.19. The van der Waals surface area contributed by atoms with Crippen LogP contribution in [0.15, 0.2) is 48.5 Å². The third kappa shape index (κ3) is 5.16. The molecule has 3 amide bonds. The van der Waals surface area contributed by atoms with Crippen molar-refractivity contribution in [1.29, 1.82) is 0 Å². The van der Waals surface area contributed by atoms with Crippen molar-refractivity contribution in [3.05, 3.63) is 65.7 Å². The Bertz CT molecular complexity index is 912. The minimum Gasteiger partial charge on any atom is -0.348 e. The summed E-state index contributed by atoms with van der Waals surface area (Å²) in [5.41, 5.74) is -0.0170. The van der Waals surface area contributed by atoms with E-state index in [1.54, 1.807) is 17.0 Å². The molecule has 3 rings (SSSR count). The van der Waals surface area contributed by atoms with Crippen molar-refractivity contribution in [1.82, 2.24) is 10.2 Å². The maximum Gasteiger partial charge on any atom is 0.313 e. The van der Waals surface area contributed by atoms with Crippen LogP contribution in [0.25, 0.3) is 0 Å². The van der Waals surface area contributed by atoms with Gasteiger partial charge < -0.3 is 15.5 Å². The second-order valence-electron chi connectivity index (χ2n) is 6.86. The van der Waals surface area contributed by atoms with E-state index in [1.165, 1.54) is 36.4 Å². The number of hydrogen-bond acceptors (Lipinski definition) is 3. The monoisotopic (exact) mass is 401 g/mol. The largest absolute Gasteiger partial charge is 0.348 e. The summed E-state index contributed by atoms with van der Waals surface area (Å²) in [6.45, 7) is 1.15. The van der Waals surface area contributed by atoms with Crippen molar-refractivity contribution in [3.63, 3.8) is 0 Å². The molecule has 1 saturated heterocycles. The van der Waals surface area contributed by atoms with Gasteiger partial charge in [-0.15, -0.1) is 0 Å². The van der Waals surface area contributed by atoms with Crippen LogP contribution in [0.4, 0.5) is 14.5 Å². The van der Waals surface area contributed by atoms with Gasteiger partial charge in [0, 0.05) is 19.6 Å². The normalized spacial score (nSPS) is 14.3. The Morgan fingerprint density at radius 2 is 1.52 bits per heavy atom. The number of benzene rings is 2. The molecule has 0 aliphatic carbocycles. The summed E-state index contributed by atoms with van der Waals surface area (Å²) in [6.07, 6.45) is 1.24. The maximum absolute atomic E-state index is 13.8. The number of amides is 3. The second-order valence-corrected chi connectivity index (χ2v) is 6.86. The first kappa shape index (κ1) is 20.4. The van der Waals surface area contributed by atoms with Crippen LogP contribution in [0.2, 0.25) is 0 Å². The molecule has 0 aromatic heterocycles. The fraction of sp³-hybridized carbons (Fsp3) is 0.286. The molecule has 1 heterocycles. The van der Waals surface area contributed by atoms with Gasteiger partial charge in [0.25, 0.3) is 5.91 Å². The minimum atomic E-state index is -0.942. The molecule has 1 aliphatic rings. The first-order chi connectivity index (χ1) is 14.0. The van der Waals surface area contributed by atoms with E-state index in [1.807, 2.05) is 0 Å². The molecule has 2 aromatic rings. The topological polar surface area (TPSA) is 78.5 Å². The first-order valence-corrected chi connectivity index (χ1v) is 9.33. The zero-order valence-electron chi connectivity index (χ0n) is 15.7. The van der Waals surface area contributed by atoms with Gasteiger partial charge in [-0.2, -0.15) is 0 Å². The summed E-state index contributed by atoms with van der Waals surface area (Å²) >= 11 is 0. The first-order valence-electron chi connectivity index (χ1n) is 9.33. The molecule has 0 unspecified atom stereocenters. The Balaban J connectivity index is 1.44. The van der Waals surface area contributed by atoms with Gasteiger partial charge in [0.1, 0.15) is 11.6 Å². The Hall–Kier alpha value is -3.29. The predicted octanol–water partition coefficient (Wildman–Crippen LogP) is 2.57. The van der Waals surface area contributed by atoms with Crippen LogP contribution in [-0.2, 0) is 9.59 Å². The van der Waals surface area contributed by atoms with E-state index in [0.29, 0.717) is 25.9 Å². The molecule has 0 bridgehead atoms. The molecule has 152 valence electrons. The zero-order valence-corrected chi connectivity index (χ0v) is 15.7. The maximum atomic E-state index is 13.8. The number of para-hydroxylation sites is 1. The number of piperidine rings is 1. The molecule has 0 saturated carbocycles. The molecule has 0 spiro atoms. The molecule has 2 N–H and O–H groups in total. The van der Waals surface area contributed by atoms with E-state index in [0.717, 1.165) is 0 Å². The van der Waals surface area contributed by atoms with Gasteiger partial charge in [-0.25, -0.2) is 8.78 Å². The van der Waals surface area contributed by atoms with Crippen LogP contribution in [0, 0.1) is 17.6 Å². The number of carbonyl (C=O) groups is 3. The summed E-state index contributed by atoms with van der Waals surface area (Å²) in [7, 11) is 0. The fourth-order valence-electron chi connectivity index (χ4n) is 3.20. The lowest BCUT2D eigenvalue weighted by Gasteiger charge is -2.32. The van der Waals surface area contributed by atoms with Crippen molar-refractivity contribution in [2.75, 3.05) is 25.0 Å². The van der Waals surface area contributed by atoms with Gasteiger partial charge in [0.15, 0.2) is 0 Å². The Kier molecular flexibility index (Phi) is 6.54. The van der Waals surface area contributed by atoms with Gasteiger partial charge in [0.2, 0.25) is 0 Å². The number of rotatable bonds is 4. The molecule has 2 aromatic carbocycles. The molecule has 8 heteroatoms. The van der Waals surface area contributed by atoms with Gasteiger partial charge in [-0.05, 0) is 43.0 Å². The summed E-state index contributed by atoms with van der Waals surface area (Å²) in [4.78, 5) is 37.8. The summed E-state index contributed by atoms with van der Waals surface area (Å²) in [5, 5.41) is 4.77. The molecule has 1 aliphatic heterocycles. The number of anilines is 1. The predicted molar refractivity (Wildman–Crippen MR) is 103 cm³/mol. The van der Waals surface area contributed by atoms with E-state index < -0.39 is 23.4 Å². The average Bonchev–Trinajstić information content (AvgIpc) is 2.74. The van der Waals surface area contributed by atoms with Crippen LogP contribution in [-0.4, -0.2) is 42.3 Å². The number of hydrogen-bond donors (Lipinski definition) is 2. The van der Waals surface area contributed by atoms with Crippen molar-refractivity contribution < 1.29 is 23.2 Å². The van der Waals surface area contributed by atoms with Crippen LogP contribution < -0.4 is 10.6 Å². The SMILES string of the molecule is O=C(NCC1CCN(C(=O)c2ccccc2F)CC1)C(=O)Nc1ccccc1F. The lowest BCUT2D eigenvalue weighted by atomic mass is 9.96. The number of halogens is 2. The van der Waals surface area contributed by atoms with Crippen LogP contribution in [0.5, 0.6) is 0 Å². The Labute approximate surface area is 166 Å². The van der Waals surface area contributed by atoms with E-state index >= 15 is 0 Å². The fourth-order valence-corrected chi connectivity index (χ4v) is 3.20. The van der Waals surface area contributed by atoms with E-state index in [4.69, 9.17) is 0 Å². The lowest BCUT2D eigenvalue weighted by molar-refractivity contribution is -0.136. The highest BCUT2D eigenvalue weighted by atomic mass is 19.1. The van der Waals surface area contributed by atoms with Crippen LogP contribution in [0.3, 0.4) is 0 Å². The Morgan fingerprint density at radius 1 is 0.897 bits per heavy atom. The van der Waals surface area contributed by atoms with Crippen LogP contribution in [0.1, 0.15) is 23.2 Å². The molecule has 0 radical (unpaired) electrons. The number of likely N-dealkylation sites (tertiary alicyclic amines) is 1. The Morgan fingerprint density at radius 3 is 2.17 bits per heavy atom. The van der Waals surface area contributed by atoms with E-state index in [-0.39, 0.29) is 29.6 Å². The molecular weight excluding hydrogens is 380 g/mol. The molecule has 6 nitrogen and oxygen atoms in total. The van der Waals surface area contributed by atoms with Crippen LogP contribution >= 0.6 is 0 Å². The third-order valence-corrected chi connectivity index (χ3v) is 4.89. The standard InChI is InChI=1S/C21H21F2N3O3/c22-16-6-2-1-5-15(16)21(29)26-11-9-14(10-12-26)13-24-19(27)20(28)25-18-8-4-3-7-17(18)23/h1-8,14H,9-13H2,(H,24,27)(H,25,28). The summed E-state index contributed by atoms with van der Waals surface area (Å²) in [5.74, 6) is -3.23. The molecular formula is C21H21F2N3O3. The highest BCUT2D eigenvalue weighted by Gasteiger charge is 2.26. The number of nitrogens with zero attached hydrogens (tertiary/aromatic N) is 1. The molecule has 29 heavy (non-hydrogen) atoms. The molecule has 0 atom stereocenters. The van der Waals surface area contributed by atoms with Gasteiger partial charge in [0.05, 0.1) is 11.3 Å². The summed E-state index contributed by atoms with van der Waals surface area (Å²) in [6, 6.07) is 11.4. The quantitative estimate of drug-likeness (QED) is 0.773. The average molecular weight is 401 g/mol. The van der Waals surface area contributed by atoms with Gasteiger partial charge >= 0.3 is 11.8 Å². The second kappa shape index (κ2) is 9.27. The van der Waals surface area contributed by atoms with Gasteiger partial charge in [-0.1, -0.05) is 24.3 Å². The lowest BCUT2D eigenvalue weighted by Crippen LogP contribution is -2.43. The van der Waals surface area contributed by atoms with E-state index in [9.17, 15) is 23.2 Å². The smallest absolute Gasteiger partial charge is 0.313 e. The van der Waals surface area contributed by atoms with E-state index in [2.05, 4.69) is 10.6 Å². The third-order valence-electron chi connectivity index (χ3n) is 4.89. The minimum absolute atomic E-state index is 0.0454.